The number of halogens is 3. The molecule has 0 saturated carbocycles. The normalized spacial score (nSPS) is 16.2. The standard InChI is InChI=1S/C18H18F3N3O2S/c1-12(16(25)24-7-9-26-10-8-24)27-17-22-14(13-5-3-2-4-6-13)11-15(23-17)18(19,20)21/h2-6,11-12H,7-10H2,1H3/t12-/m0/s1. The van der Waals surface area contributed by atoms with Crippen LogP contribution in [0.25, 0.3) is 11.3 Å². The van der Waals surface area contributed by atoms with Crippen molar-refractivity contribution in [1.82, 2.24) is 14.9 Å². The quantitative estimate of drug-likeness (QED) is 0.584. The fraction of sp³-hybridized carbons (Fsp3) is 0.389. The molecule has 1 aromatic heterocycles. The number of carbonyl (C=O) groups is 1. The lowest BCUT2D eigenvalue weighted by Gasteiger charge is -2.28. The molecule has 9 heteroatoms. The van der Waals surface area contributed by atoms with Gasteiger partial charge in [0.05, 0.1) is 24.2 Å². The number of alkyl halides is 3. The Morgan fingerprint density at radius 2 is 1.85 bits per heavy atom. The van der Waals surface area contributed by atoms with Crippen LogP contribution in [0, 0.1) is 0 Å². The molecular formula is C18H18F3N3O2S. The molecule has 0 N–H and O–H groups in total. The highest BCUT2D eigenvalue weighted by molar-refractivity contribution is 8.00. The molecule has 1 aliphatic heterocycles. The van der Waals surface area contributed by atoms with Gasteiger partial charge >= 0.3 is 6.18 Å². The van der Waals surface area contributed by atoms with Crippen LogP contribution in [-0.4, -0.2) is 52.3 Å². The number of ether oxygens (including phenoxy) is 1. The lowest BCUT2D eigenvalue weighted by molar-refractivity contribution is -0.141. The van der Waals surface area contributed by atoms with E-state index in [9.17, 15) is 18.0 Å². The van der Waals surface area contributed by atoms with E-state index in [0.717, 1.165) is 17.8 Å². The Kier molecular flexibility index (Phi) is 6.01. The molecule has 1 atom stereocenters. The average Bonchev–Trinajstić information content (AvgIpc) is 2.68. The summed E-state index contributed by atoms with van der Waals surface area (Å²) in [6.07, 6.45) is -4.60. The smallest absolute Gasteiger partial charge is 0.378 e. The molecule has 2 aromatic rings. The Morgan fingerprint density at radius 3 is 2.48 bits per heavy atom. The number of aromatic nitrogens is 2. The summed E-state index contributed by atoms with van der Waals surface area (Å²) >= 11 is 0.930. The van der Waals surface area contributed by atoms with E-state index in [-0.39, 0.29) is 16.8 Å². The molecule has 3 rings (SSSR count). The lowest BCUT2D eigenvalue weighted by atomic mass is 10.1. The van der Waals surface area contributed by atoms with Crippen LogP contribution >= 0.6 is 11.8 Å². The first-order valence-corrected chi connectivity index (χ1v) is 9.27. The summed E-state index contributed by atoms with van der Waals surface area (Å²) in [5.41, 5.74) is -0.296. The summed E-state index contributed by atoms with van der Waals surface area (Å²) in [7, 11) is 0. The van der Waals surface area contributed by atoms with Gasteiger partial charge in [-0.25, -0.2) is 9.97 Å². The maximum atomic E-state index is 13.3. The SMILES string of the molecule is C[C@H](Sc1nc(-c2ccccc2)cc(C(F)(F)F)n1)C(=O)N1CCOCC1. The third kappa shape index (κ3) is 4.98. The number of hydrogen-bond donors (Lipinski definition) is 0. The highest BCUT2D eigenvalue weighted by Gasteiger charge is 2.34. The molecule has 0 unspecified atom stereocenters. The van der Waals surface area contributed by atoms with Gasteiger partial charge < -0.3 is 9.64 Å². The number of thioether (sulfide) groups is 1. The number of nitrogens with zero attached hydrogens (tertiary/aromatic N) is 3. The van der Waals surface area contributed by atoms with Gasteiger partial charge in [-0.05, 0) is 13.0 Å². The van der Waals surface area contributed by atoms with E-state index in [1.807, 2.05) is 0 Å². The van der Waals surface area contributed by atoms with Crippen molar-refractivity contribution in [3.63, 3.8) is 0 Å². The Balaban J connectivity index is 1.86. The number of hydrogen-bond acceptors (Lipinski definition) is 5. The van der Waals surface area contributed by atoms with Gasteiger partial charge in [-0.15, -0.1) is 0 Å². The molecule has 1 saturated heterocycles. The van der Waals surface area contributed by atoms with Crippen molar-refractivity contribution >= 4 is 17.7 Å². The van der Waals surface area contributed by atoms with Crippen LogP contribution in [0.3, 0.4) is 0 Å². The Labute approximate surface area is 158 Å². The first kappa shape index (κ1) is 19.6. The molecule has 1 aromatic carbocycles. The van der Waals surface area contributed by atoms with Gasteiger partial charge in [-0.3, -0.25) is 4.79 Å². The molecule has 1 amide bonds. The average molecular weight is 397 g/mol. The van der Waals surface area contributed by atoms with Gasteiger partial charge in [0.2, 0.25) is 5.91 Å². The maximum Gasteiger partial charge on any atom is 0.433 e. The third-order valence-electron chi connectivity index (χ3n) is 4.02. The second-order valence-electron chi connectivity index (χ2n) is 5.98. The van der Waals surface area contributed by atoms with Crippen LogP contribution in [0.1, 0.15) is 12.6 Å². The van der Waals surface area contributed by atoms with Crippen molar-refractivity contribution in [3.8, 4) is 11.3 Å². The number of benzene rings is 1. The topological polar surface area (TPSA) is 55.3 Å². The van der Waals surface area contributed by atoms with Crippen molar-refractivity contribution in [1.29, 1.82) is 0 Å². The molecule has 144 valence electrons. The molecule has 27 heavy (non-hydrogen) atoms. The second kappa shape index (κ2) is 8.26. The van der Waals surface area contributed by atoms with Gasteiger partial charge in [0.25, 0.3) is 0 Å². The monoisotopic (exact) mass is 397 g/mol. The van der Waals surface area contributed by atoms with Crippen LogP contribution in [0.4, 0.5) is 13.2 Å². The Hall–Kier alpha value is -2.13. The van der Waals surface area contributed by atoms with E-state index in [4.69, 9.17) is 4.74 Å². The van der Waals surface area contributed by atoms with E-state index in [1.54, 1.807) is 42.2 Å². The van der Waals surface area contributed by atoms with E-state index < -0.39 is 17.1 Å². The molecule has 0 radical (unpaired) electrons. The fourth-order valence-electron chi connectivity index (χ4n) is 2.63. The van der Waals surface area contributed by atoms with E-state index >= 15 is 0 Å². The van der Waals surface area contributed by atoms with E-state index in [1.165, 1.54) is 0 Å². The van der Waals surface area contributed by atoms with Crippen LogP contribution in [0.5, 0.6) is 0 Å². The predicted molar refractivity (Wildman–Crippen MR) is 95.2 cm³/mol. The maximum absolute atomic E-state index is 13.3. The van der Waals surface area contributed by atoms with E-state index in [2.05, 4.69) is 9.97 Å². The van der Waals surface area contributed by atoms with Crippen molar-refractivity contribution in [3.05, 3.63) is 42.1 Å². The van der Waals surface area contributed by atoms with Crippen LogP contribution in [0.15, 0.2) is 41.6 Å². The summed E-state index contributed by atoms with van der Waals surface area (Å²) in [5.74, 6) is -0.162. The molecule has 2 heterocycles. The zero-order valence-electron chi connectivity index (χ0n) is 14.6. The summed E-state index contributed by atoms with van der Waals surface area (Å²) in [4.78, 5) is 22.0. The van der Waals surface area contributed by atoms with Gasteiger partial charge in [0, 0.05) is 18.7 Å². The highest BCUT2D eigenvalue weighted by Crippen LogP contribution is 2.33. The zero-order chi connectivity index (χ0) is 19.4. The Morgan fingerprint density at radius 1 is 1.19 bits per heavy atom. The number of carbonyl (C=O) groups excluding carboxylic acids is 1. The molecule has 1 aliphatic rings. The fourth-order valence-corrected chi connectivity index (χ4v) is 3.50. The predicted octanol–water partition coefficient (Wildman–Crippen LogP) is 3.50. The van der Waals surface area contributed by atoms with Crippen LogP contribution in [-0.2, 0) is 15.7 Å². The lowest BCUT2D eigenvalue weighted by Crippen LogP contribution is -2.44. The summed E-state index contributed by atoms with van der Waals surface area (Å²) in [5, 5.41) is -0.673. The highest BCUT2D eigenvalue weighted by atomic mass is 32.2. The first-order valence-electron chi connectivity index (χ1n) is 8.39. The molecule has 0 bridgehead atoms. The second-order valence-corrected chi connectivity index (χ2v) is 7.29. The van der Waals surface area contributed by atoms with E-state index in [0.29, 0.717) is 31.9 Å². The molecule has 0 aliphatic carbocycles. The van der Waals surface area contributed by atoms with Gasteiger partial charge in [-0.1, -0.05) is 42.1 Å². The molecular weight excluding hydrogens is 379 g/mol. The number of morpholine rings is 1. The largest absolute Gasteiger partial charge is 0.433 e. The van der Waals surface area contributed by atoms with Crippen LogP contribution in [0.2, 0.25) is 0 Å². The minimum absolute atomic E-state index is 0.0715. The summed E-state index contributed by atoms with van der Waals surface area (Å²) in [6, 6.07) is 9.50. The summed E-state index contributed by atoms with van der Waals surface area (Å²) in [6.45, 7) is 3.52. The van der Waals surface area contributed by atoms with Gasteiger partial charge in [0.1, 0.15) is 5.69 Å². The van der Waals surface area contributed by atoms with Crippen LogP contribution < -0.4 is 0 Å². The van der Waals surface area contributed by atoms with Crippen molar-refractivity contribution in [2.75, 3.05) is 26.3 Å². The minimum atomic E-state index is -4.60. The number of rotatable bonds is 4. The van der Waals surface area contributed by atoms with Crippen molar-refractivity contribution in [2.24, 2.45) is 0 Å². The molecule has 0 spiro atoms. The zero-order valence-corrected chi connectivity index (χ0v) is 15.4. The Bertz CT molecular complexity index is 796. The molecule has 5 nitrogen and oxygen atoms in total. The van der Waals surface area contributed by atoms with Crippen molar-refractivity contribution in [2.45, 2.75) is 23.5 Å². The first-order chi connectivity index (χ1) is 12.8. The third-order valence-corrected chi connectivity index (χ3v) is 4.97. The number of amides is 1. The summed E-state index contributed by atoms with van der Waals surface area (Å²) < 4.78 is 45.0. The molecule has 1 fully saturated rings. The van der Waals surface area contributed by atoms with Gasteiger partial charge in [0.15, 0.2) is 5.16 Å². The minimum Gasteiger partial charge on any atom is -0.378 e. The van der Waals surface area contributed by atoms with Crippen molar-refractivity contribution < 1.29 is 22.7 Å². The van der Waals surface area contributed by atoms with Gasteiger partial charge in [-0.2, -0.15) is 13.2 Å².